The Bertz CT molecular complexity index is 3160. The van der Waals surface area contributed by atoms with Crippen molar-refractivity contribution >= 4 is 75.0 Å². The fourth-order valence-corrected chi connectivity index (χ4v) is 9.51. The molecule has 0 aliphatic carbocycles. The number of thiophene rings is 1. The molecule has 5 nitrogen and oxygen atoms in total. The fourth-order valence-electron chi connectivity index (χ4n) is 7.29. The van der Waals surface area contributed by atoms with Crippen molar-refractivity contribution in [2.75, 3.05) is 0 Å². The first-order chi connectivity index (χ1) is 26.2. The van der Waals surface area contributed by atoms with Gasteiger partial charge in [0.25, 0.3) is 0 Å². The molecule has 7 heteroatoms. The number of aromatic nitrogens is 4. The van der Waals surface area contributed by atoms with Crippen molar-refractivity contribution in [1.29, 1.82) is 0 Å². The van der Waals surface area contributed by atoms with E-state index in [2.05, 4.69) is 91.0 Å². The predicted molar refractivity (Wildman–Crippen MR) is 220 cm³/mol. The van der Waals surface area contributed by atoms with Crippen molar-refractivity contribution in [3.63, 3.8) is 0 Å². The average molecular weight is 715 g/mol. The summed E-state index contributed by atoms with van der Waals surface area (Å²) in [7, 11) is 0. The minimum absolute atomic E-state index is 0.604. The Labute approximate surface area is 311 Å². The molecule has 4 heterocycles. The molecule has 11 rings (SSSR count). The van der Waals surface area contributed by atoms with Crippen molar-refractivity contribution in [2.45, 2.75) is 0 Å². The van der Waals surface area contributed by atoms with Crippen LogP contribution >= 0.6 is 22.7 Å². The molecule has 0 unspecified atom stereocenters. The summed E-state index contributed by atoms with van der Waals surface area (Å²) < 4.78 is 9.81. The van der Waals surface area contributed by atoms with Gasteiger partial charge >= 0.3 is 0 Å². The smallest absolute Gasteiger partial charge is 0.164 e. The number of hydrogen-bond donors (Lipinski definition) is 0. The van der Waals surface area contributed by atoms with E-state index in [9.17, 15) is 0 Å². The Morgan fingerprint density at radius 1 is 0.377 bits per heavy atom. The van der Waals surface area contributed by atoms with Gasteiger partial charge in [0.15, 0.2) is 17.5 Å². The third-order valence-corrected chi connectivity index (χ3v) is 12.0. The summed E-state index contributed by atoms with van der Waals surface area (Å²) in [6, 6.07) is 54.4. The summed E-state index contributed by atoms with van der Waals surface area (Å²) in [4.78, 5) is 20.6. The Morgan fingerprint density at radius 3 is 1.79 bits per heavy atom. The van der Waals surface area contributed by atoms with E-state index >= 15 is 0 Å². The van der Waals surface area contributed by atoms with E-state index in [4.69, 9.17) is 24.4 Å². The summed E-state index contributed by atoms with van der Waals surface area (Å²) >= 11 is 3.52. The van der Waals surface area contributed by atoms with Gasteiger partial charge in [-0.25, -0.2) is 19.9 Å². The van der Waals surface area contributed by atoms with Gasteiger partial charge in [0.1, 0.15) is 16.2 Å². The highest BCUT2D eigenvalue weighted by Crippen LogP contribution is 2.44. The van der Waals surface area contributed by atoms with Gasteiger partial charge in [-0.3, -0.25) is 0 Å². The van der Waals surface area contributed by atoms with Gasteiger partial charge in [0.05, 0.1) is 10.2 Å². The summed E-state index contributed by atoms with van der Waals surface area (Å²) in [6.45, 7) is 0. The van der Waals surface area contributed by atoms with Crippen molar-refractivity contribution in [2.24, 2.45) is 0 Å². The number of furan rings is 1. The fraction of sp³-hybridized carbons (Fsp3) is 0. The lowest BCUT2D eigenvalue weighted by Crippen LogP contribution is -2.00. The van der Waals surface area contributed by atoms with Crippen LogP contribution in [0, 0.1) is 0 Å². The third-order valence-electron chi connectivity index (χ3n) is 9.80. The largest absolute Gasteiger partial charge is 0.456 e. The molecule has 0 N–H and O–H groups in total. The molecular weight excluding hydrogens is 689 g/mol. The van der Waals surface area contributed by atoms with Gasteiger partial charge in [-0.1, -0.05) is 127 Å². The van der Waals surface area contributed by atoms with Crippen molar-refractivity contribution in [3.05, 3.63) is 158 Å². The lowest BCUT2D eigenvalue weighted by atomic mass is 10.0. The van der Waals surface area contributed by atoms with E-state index in [1.807, 2.05) is 66.7 Å². The predicted octanol–water partition coefficient (Wildman–Crippen LogP) is 13.1. The molecular formula is C46H26N4OS2. The molecule has 0 atom stereocenters. The van der Waals surface area contributed by atoms with E-state index in [1.54, 1.807) is 22.7 Å². The number of hydrogen-bond acceptors (Lipinski definition) is 7. The van der Waals surface area contributed by atoms with Gasteiger partial charge in [-0.15, -0.1) is 22.7 Å². The van der Waals surface area contributed by atoms with E-state index < -0.39 is 0 Å². The maximum Gasteiger partial charge on any atom is 0.164 e. The highest BCUT2D eigenvalue weighted by molar-refractivity contribution is 7.26. The second-order valence-electron chi connectivity index (χ2n) is 13.0. The lowest BCUT2D eigenvalue weighted by molar-refractivity contribution is 0.669. The summed E-state index contributed by atoms with van der Waals surface area (Å²) in [5.74, 6) is 1.85. The molecule has 0 amide bonds. The van der Waals surface area contributed by atoms with Crippen LogP contribution in [-0.4, -0.2) is 19.9 Å². The average Bonchev–Trinajstić information content (AvgIpc) is 3.93. The van der Waals surface area contributed by atoms with Crippen molar-refractivity contribution in [1.82, 2.24) is 19.9 Å². The normalized spacial score (nSPS) is 11.8. The van der Waals surface area contributed by atoms with Crippen LogP contribution in [0.3, 0.4) is 0 Å². The molecule has 11 aromatic rings. The summed E-state index contributed by atoms with van der Waals surface area (Å²) in [5, 5.41) is 5.31. The monoisotopic (exact) mass is 714 g/mol. The summed E-state index contributed by atoms with van der Waals surface area (Å²) in [6.07, 6.45) is 0. The highest BCUT2D eigenvalue weighted by Gasteiger charge is 2.20. The van der Waals surface area contributed by atoms with Crippen LogP contribution in [0.2, 0.25) is 0 Å². The quantitative estimate of drug-likeness (QED) is 0.178. The van der Waals surface area contributed by atoms with Crippen LogP contribution in [0.25, 0.3) is 108 Å². The zero-order chi connectivity index (χ0) is 34.9. The Kier molecular flexibility index (Phi) is 6.83. The van der Waals surface area contributed by atoms with E-state index in [0.29, 0.717) is 17.5 Å². The zero-order valence-corrected chi connectivity index (χ0v) is 29.7. The van der Waals surface area contributed by atoms with Crippen LogP contribution < -0.4 is 0 Å². The lowest BCUT2D eigenvalue weighted by Gasteiger charge is -2.10. The minimum Gasteiger partial charge on any atom is -0.456 e. The Morgan fingerprint density at radius 2 is 1.00 bits per heavy atom. The standard InChI is InChI=1S/C46H26N4OS2/c1-3-11-27(12-4-1)28-21-23-30(24-22-28)46-47-35-25-34-39(26-40(35)53-46)52-38-20-10-17-33(42(34)38)45-49-43(29-13-5-2-6-14-29)48-44(50-45)32-16-9-19-37-41(32)31-15-7-8-18-36(31)51-37/h1-26H. The second-order valence-corrected chi connectivity index (χ2v) is 15.1. The molecule has 248 valence electrons. The Hall–Kier alpha value is -6.54. The SMILES string of the molecule is c1ccc(-c2ccc(-c3nc4cc5c(cc4s3)sc3cccc(-c4nc(-c6ccccc6)nc(-c6cccc7oc8ccccc8c67)n4)c35)cc2)cc1. The number of rotatable bonds is 5. The topological polar surface area (TPSA) is 64.7 Å². The molecule has 0 aliphatic heterocycles. The van der Waals surface area contributed by atoms with E-state index in [-0.39, 0.29) is 0 Å². The molecule has 0 radical (unpaired) electrons. The second kappa shape index (κ2) is 12.0. The van der Waals surface area contributed by atoms with Gasteiger partial charge in [-0.05, 0) is 41.5 Å². The van der Waals surface area contributed by atoms with Crippen LogP contribution in [0.5, 0.6) is 0 Å². The van der Waals surface area contributed by atoms with Crippen LogP contribution in [0.1, 0.15) is 0 Å². The van der Waals surface area contributed by atoms with Crippen molar-refractivity contribution in [3.8, 4) is 55.9 Å². The molecule has 7 aromatic carbocycles. The third kappa shape index (κ3) is 5.04. The summed E-state index contributed by atoms with van der Waals surface area (Å²) in [5.41, 5.74) is 8.94. The molecule has 0 saturated heterocycles. The van der Waals surface area contributed by atoms with Crippen LogP contribution in [0.15, 0.2) is 162 Å². The van der Waals surface area contributed by atoms with Gasteiger partial charge in [0, 0.05) is 53.2 Å². The van der Waals surface area contributed by atoms with Gasteiger partial charge in [-0.2, -0.15) is 0 Å². The van der Waals surface area contributed by atoms with Gasteiger partial charge < -0.3 is 4.42 Å². The first-order valence-corrected chi connectivity index (χ1v) is 19.0. The first-order valence-electron chi connectivity index (χ1n) is 17.4. The highest BCUT2D eigenvalue weighted by atomic mass is 32.1. The zero-order valence-electron chi connectivity index (χ0n) is 28.0. The molecule has 0 fully saturated rings. The molecule has 0 aliphatic rings. The number of benzene rings is 7. The van der Waals surface area contributed by atoms with Gasteiger partial charge in [0.2, 0.25) is 0 Å². The number of para-hydroxylation sites is 1. The Balaban J connectivity index is 1.08. The van der Waals surface area contributed by atoms with Crippen LogP contribution in [-0.2, 0) is 0 Å². The maximum atomic E-state index is 6.25. The molecule has 53 heavy (non-hydrogen) atoms. The minimum atomic E-state index is 0.604. The number of thiazole rings is 1. The van der Waals surface area contributed by atoms with E-state index in [1.165, 1.54) is 25.2 Å². The van der Waals surface area contributed by atoms with Crippen LogP contribution in [0.4, 0.5) is 0 Å². The number of fused-ring (bicyclic) bond motifs is 7. The number of nitrogens with zero attached hydrogens (tertiary/aromatic N) is 4. The molecule has 4 aromatic heterocycles. The molecule has 0 saturated carbocycles. The molecule has 0 spiro atoms. The molecule has 0 bridgehead atoms. The maximum absolute atomic E-state index is 6.25. The van der Waals surface area contributed by atoms with E-state index in [0.717, 1.165) is 65.5 Å². The first kappa shape index (κ1) is 30.1. The van der Waals surface area contributed by atoms with Crippen molar-refractivity contribution < 1.29 is 4.42 Å².